The Morgan fingerprint density at radius 2 is 2.07 bits per heavy atom. The first-order chi connectivity index (χ1) is 13.0. The number of nitrogens with one attached hydrogen (secondary N) is 1. The van der Waals surface area contributed by atoms with Gasteiger partial charge in [-0.05, 0) is 57.5 Å². The standard InChI is InChI=1S/C21H31N3O3/c1-5-7-18-8-9-20(21(13-18)26-4)27-15-19(25)14-22-10-6-11-24-17(3)12-16(2)23-24/h5,7-9,12-13,19,22,25H,6,10-11,14-15H2,1-4H3/b7-5+/t19-/m0/s1. The quantitative estimate of drug-likeness (QED) is 0.593. The lowest BCUT2D eigenvalue weighted by molar-refractivity contribution is 0.104. The third-order valence-corrected chi connectivity index (χ3v) is 4.18. The maximum absolute atomic E-state index is 10.1. The monoisotopic (exact) mass is 373 g/mol. The number of aliphatic hydroxyl groups is 1. The van der Waals surface area contributed by atoms with Crippen LogP contribution in [0, 0.1) is 13.8 Å². The van der Waals surface area contributed by atoms with Crippen LogP contribution in [0.15, 0.2) is 30.3 Å². The molecule has 27 heavy (non-hydrogen) atoms. The minimum Gasteiger partial charge on any atom is -0.493 e. The Morgan fingerprint density at radius 1 is 1.26 bits per heavy atom. The van der Waals surface area contributed by atoms with Gasteiger partial charge in [-0.1, -0.05) is 18.2 Å². The van der Waals surface area contributed by atoms with E-state index in [0.717, 1.165) is 30.8 Å². The minimum absolute atomic E-state index is 0.212. The van der Waals surface area contributed by atoms with E-state index in [1.165, 1.54) is 5.69 Å². The molecule has 0 spiro atoms. The van der Waals surface area contributed by atoms with Gasteiger partial charge < -0.3 is 19.9 Å². The molecule has 0 radical (unpaired) electrons. The number of ether oxygens (including phenoxy) is 2. The minimum atomic E-state index is -0.585. The summed E-state index contributed by atoms with van der Waals surface area (Å²) < 4.78 is 13.1. The average Bonchev–Trinajstić information content (AvgIpc) is 2.97. The number of aryl methyl sites for hydroxylation is 3. The molecule has 1 aromatic heterocycles. The second-order valence-corrected chi connectivity index (χ2v) is 6.58. The Bertz CT molecular complexity index is 740. The van der Waals surface area contributed by atoms with Gasteiger partial charge in [0.2, 0.25) is 0 Å². The third-order valence-electron chi connectivity index (χ3n) is 4.18. The van der Waals surface area contributed by atoms with Gasteiger partial charge in [-0.25, -0.2) is 0 Å². The lowest BCUT2D eigenvalue weighted by Gasteiger charge is -2.15. The molecule has 1 atom stereocenters. The predicted octanol–water partition coefficient (Wildman–Crippen LogP) is 2.96. The van der Waals surface area contributed by atoms with E-state index in [9.17, 15) is 5.11 Å². The Hall–Kier alpha value is -2.31. The average molecular weight is 373 g/mol. The highest BCUT2D eigenvalue weighted by molar-refractivity contribution is 5.55. The van der Waals surface area contributed by atoms with E-state index >= 15 is 0 Å². The molecule has 0 unspecified atom stereocenters. The van der Waals surface area contributed by atoms with Gasteiger partial charge in [0.15, 0.2) is 11.5 Å². The molecule has 0 saturated heterocycles. The molecule has 6 nitrogen and oxygen atoms in total. The Labute approximate surface area is 161 Å². The van der Waals surface area contributed by atoms with E-state index in [1.807, 2.05) is 48.9 Å². The highest BCUT2D eigenvalue weighted by atomic mass is 16.5. The molecule has 0 bridgehead atoms. The van der Waals surface area contributed by atoms with Gasteiger partial charge >= 0.3 is 0 Å². The molecular weight excluding hydrogens is 342 g/mol. The molecule has 1 aromatic carbocycles. The molecule has 0 fully saturated rings. The predicted molar refractivity (Wildman–Crippen MR) is 108 cm³/mol. The van der Waals surface area contributed by atoms with E-state index in [2.05, 4.69) is 23.4 Å². The molecular formula is C21H31N3O3. The molecule has 0 aliphatic rings. The lowest BCUT2D eigenvalue weighted by Crippen LogP contribution is -2.32. The zero-order valence-electron chi connectivity index (χ0n) is 16.7. The van der Waals surface area contributed by atoms with Gasteiger partial charge in [0.05, 0.1) is 12.8 Å². The van der Waals surface area contributed by atoms with Crippen LogP contribution in [0.3, 0.4) is 0 Å². The van der Waals surface area contributed by atoms with Crippen LogP contribution in [-0.2, 0) is 6.54 Å². The van der Waals surface area contributed by atoms with E-state index in [4.69, 9.17) is 9.47 Å². The van der Waals surface area contributed by atoms with Crippen molar-refractivity contribution in [2.45, 2.75) is 39.8 Å². The fourth-order valence-electron chi connectivity index (χ4n) is 2.87. The number of hydrogen-bond donors (Lipinski definition) is 2. The van der Waals surface area contributed by atoms with Crippen molar-refractivity contribution >= 4 is 6.08 Å². The Kier molecular flexibility index (Phi) is 8.36. The summed E-state index contributed by atoms with van der Waals surface area (Å²) in [7, 11) is 1.61. The lowest BCUT2D eigenvalue weighted by atomic mass is 10.2. The molecule has 0 aliphatic carbocycles. The fourth-order valence-corrected chi connectivity index (χ4v) is 2.87. The van der Waals surface area contributed by atoms with Crippen LogP contribution in [-0.4, -0.2) is 47.8 Å². The van der Waals surface area contributed by atoms with Crippen molar-refractivity contribution in [3.05, 3.63) is 47.3 Å². The molecule has 148 valence electrons. The second kappa shape index (κ2) is 10.7. The largest absolute Gasteiger partial charge is 0.493 e. The molecule has 2 rings (SSSR count). The summed E-state index contributed by atoms with van der Waals surface area (Å²) in [5.74, 6) is 1.30. The highest BCUT2D eigenvalue weighted by Gasteiger charge is 2.09. The highest BCUT2D eigenvalue weighted by Crippen LogP contribution is 2.28. The van der Waals surface area contributed by atoms with Gasteiger partial charge in [0.1, 0.15) is 12.7 Å². The summed E-state index contributed by atoms with van der Waals surface area (Å²) in [4.78, 5) is 0. The summed E-state index contributed by atoms with van der Waals surface area (Å²) in [6, 6.07) is 7.82. The van der Waals surface area contributed by atoms with Crippen molar-refractivity contribution in [3.8, 4) is 11.5 Å². The third kappa shape index (κ3) is 6.73. The first-order valence-electron chi connectivity index (χ1n) is 9.37. The summed E-state index contributed by atoms with van der Waals surface area (Å²) in [5.41, 5.74) is 3.27. The Balaban J connectivity index is 1.68. The van der Waals surface area contributed by atoms with Crippen LogP contribution in [0.4, 0.5) is 0 Å². The molecule has 1 heterocycles. The summed E-state index contributed by atoms with van der Waals surface area (Å²) in [5, 5.41) is 17.8. The van der Waals surface area contributed by atoms with Crippen LogP contribution in [0.1, 0.15) is 30.3 Å². The van der Waals surface area contributed by atoms with Gasteiger partial charge in [-0.3, -0.25) is 4.68 Å². The summed E-state index contributed by atoms with van der Waals surface area (Å²) >= 11 is 0. The number of rotatable bonds is 11. The van der Waals surface area contributed by atoms with Gasteiger partial charge in [0, 0.05) is 18.8 Å². The number of nitrogens with zero attached hydrogens (tertiary/aromatic N) is 2. The molecule has 6 heteroatoms. The van der Waals surface area contributed by atoms with Crippen LogP contribution < -0.4 is 14.8 Å². The van der Waals surface area contributed by atoms with Crippen LogP contribution in [0.2, 0.25) is 0 Å². The number of aromatic nitrogens is 2. The number of hydrogen-bond acceptors (Lipinski definition) is 5. The first kappa shape index (κ1) is 21.0. The zero-order chi connectivity index (χ0) is 19.6. The number of allylic oxidation sites excluding steroid dienone is 1. The number of aliphatic hydroxyl groups excluding tert-OH is 1. The summed E-state index contributed by atoms with van der Waals surface area (Å²) in [6.45, 7) is 8.41. The van der Waals surface area contributed by atoms with Crippen molar-refractivity contribution < 1.29 is 14.6 Å². The molecule has 0 aliphatic heterocycles. The van der Waals surface area contributed by atoms with Crippen LogP contribution in [0.5, 0.6) is 11.5 Å². The maximum atomic E-state index is 10.1. The van der Waals surface area contributed by atoms with E-state index in [1.54, 1.807) is 7.11 Å². The maximum Gasteiger partial charge on any atom is 0.161 e. The van der Waals surface area contributed by atoms with E-state index < -0.39 is 6.10 Å². The zero-order valence-corrected chi connectivity index (χ0v) is 16.7. The fraction of sp³-hybridized carbons (Fsp3) is 0.476. The molecule has 2 aromatic rings. The molecule has 2 N–H and O–H groups in total. The van der Waals surface area contributed by atoms with Gasteiger partial charge in [-0.2, -0.15) is 5.10 Å². The van der Waals surface area contributed by atoms with Crippen LogP contribution in [0.25, 0.3) is 6.08 Å². The SMILES string of the molecule is C/C=C/c1ccc(OC[C@@H](O)CNCCCn2nc(C)cc2C)c(OC)c1. The topological polar surface area (TPSA) is 68.5 Å². The van der Waals surface area contributed by atoms with E-state index in [-0.39, 0.29) is 6.61 Å². The van der Waals surface area contributed by atoms with Crippen molar-refractivity contribution in [2.75, 3.05) is 26.8 Å². The second-order valence-electron chi connectivity index (χ2n) is 6.58. The first-order valence-corrected chi connectivity index (χ1v) is 9.37. The Morgan fingerprint density at radius 3 is 2.74 bits per heavy atom. The van der Waals surface area contributed by atoms with Crippen LogP contribution >= 0.6 is 0 Å². The number of methoxy groups -OCH3 is 1. The van der Waals surface area contributed by atoms with Crippen molar-refractivity contribution in [1.29, 1.82) is 0 Å². The van der Waals surface area contributed by atoms with Crippen molar-refractivity contribution in [1.82, 2.24) is 15.1 Å². The van der Waals surface area contributed by atoms with E-state index in [0.29, 0.717) is 18.0 Å². The normalized spacial score (nSPS) is 12.5. The van der Waals surface area contributed by atoms with Gasteiger partial charge in [0.25, 0.3) is 0 Å². The smallest absolute Gasteiger partial charge is 0.161 e. The molecule has 0 amide bonds. The number of benzene rings is 1. The van der Waals surface area contributed by atoms with Crippen molar-refractivity contribution in [2.24, 2.45) is 0 Å². The van der Waals surface area contributed by atoms with Crippen molar-refractivity contribution in [3.63, 3.8) is 0 Å². The molecule has 0 saturated carbocycles. The summed E-state index contributed by atoms with van der Waals surface area (Å²) in [6.07, 6.45) is 4.34. The van der Waals surface area contributed by atoms with Gasteiger partial charge in [-0.15, -0.1) is 0 Å².